The zero-order chi connectivity index (χ0) is 16.3. The van der Waals surface area contributed by atoms with Gasteiger partial charge in [0.2, 0.25) is 10.0 Å². The van der Waals surface area contributed by atoms with Crippen LogP contribution >= 0.6 is 11.3 Å². The SMILES string of the molecule is CCn1cc(S(=O)(=O)NC(C)Cc2cccs2)cc1C(=O)O. The van der Waals surface area contributed by atoms with Crippen molar-refractivity contribution < 1.29 is 18.3 Å². The minimum Gasteiger partial charge on any atom is -0.477 e. The topological polar surface area (TPSA) is 88.4 Å². The monoisotopic (exact) mass is 342 g/mol. The molecule has 0 amide bonds. The fraction of sp³-hybridized carbons (Fsp3) is 0.357. The molecule has 0 bridgehead atoms. The summed E-state index contributed by atoms with van der Waals surface area (Å²) in [6, 6.07) is 4.78. The number of nitrogens with zero attached hydrogens (tertiary/aromatic N) is 1. The van der Waals surface area contributed by atoms with Crippen LogP contribution in [-0.4, -0.2) is 30.1 Å². The van der Waals surface area contributed by atoms with Gasteiger partial charge in [-0.1, -0.05) is 6.07 Å². The van der Waals surface area contributed by atoms with E-state index in [-0.39, 0.29) is 16.6 Å². The third-order valence-corrected chi connectivity index (χ3v) is 5.64. The molecule has 0 radical (unpaired) electrons. The summed E-state index contributed by atoms with van der Waals surface area (Å²) in [4.78, 5) is 12.2. The van der Waals surface area contributed by atoms with Crippen molar-refractivity contribution in [1.82, 2.24) is 9.29 Å². The highest BCUT2D eigenvalue weighted by atomic mass is 32.2. The van der Waals surface area contributed by atoms with Crippen molar-refractivity contribution in [2.45, 2.75) is 37.8 Å². The summed E-state index contributed by atoms with van der Waals surface area (Å²) in [5.41, 5.74) is -0.0335. The van der Waals surface area contributed by atoms with Gasteiger partial charge in [-0.05, 0) is 37.8 Å². The molecular weight excluding hydrogens is 324 g/mol. The molecule has 2 N–H and O–H groups in total. The normalized spacial score (nSPS) is 13.2. The molecule has 6 nitrogen and oxygen atoms in total. The van der Waals surface area contributed by atoms with E-state index in [9.17, 15) is 13.2 Å². The van der Waals surface area contributed by atoms with Crippen LogP contribution in [0.2, 0.25) is 0 Å². The molecule has 0 fully saturated rings. The Kier molecular flexibility index (Phi) is 5.05. The molecular formula is C14H18N2O4S2. The number of aromatic carboxylic acids is 1. The van der Waals surface area contributed by atoms with Gasteiger partial charge >= 0.3 is 5.97 Å². The maximum absolute atomic E-state index is 12.4. The summed E-state index contributed by atoms with van der Waals surface area (Å²) >= 11 is 1.57. The van der Waals surface area contributed by atoms with Crippen molar-refractivity contribution in [1.29, 1.82) is 0 Å². The van der Waals surface area contributed by atoms with Gasteiger partial charge in [-0.3, -0.25) is 0 Å². The van der Waals surface area contributed by atoms with Crippen LogP contribution in [0.1, 0.15) is 29.2 Å². The second-order valence-electron chi connectivity index (χ2n) is 4.96. The Morgan fingerprint density at radius 1 is 1.50 bits per heavy atom. The van der Waals surface area contributed by atoms with E-state index in [0.717, 1.165) is 4.88 Å². The van der Waals surface area contributed by atoms with Crippen LogP contribution in [0.15, 0.2) is 34.7 Å². The maximum atomic E-state index is 12.4. The molecule has 1 atom stereocenters. The first kappa shape index (κ1) is 16.7. The number of rotatable bonds is 7. The fourth-order valence-corrected chi connectivity index (χ4v) is 4.29. The van der Waals surface area contributed by atoms with Crippen molar-refractivity contribution in [3.63, 3.8) is 0 Å². The van der Waals surface area contributed by atoms with Gasteiger partial charge in [0.1, 0.15) is 10.6 Å². The molecule has 0 saturated carbocycles. The summed E-state index contributed by atoms with van der Waals surface area (Å²) in [6.45, 7) is 3.93. The number of sulfonamides is 1. The molecule has 0 aliphatic carbocycles. The average Bonchev–Trinajstić information content (AvgIpc) is 3.05. The van der Waals surface area contributed by atoms with Crippen LogP contribution in [0.3, 0.4) is 0 Å². The van der Waals surface area contributed by atoms with Gasteiger partial charge in [0.25, 0.3) is 0 Å². The number of carbonyl (C=O) groups is 1. The number of hydrogen-bond acceptors (Lipinski definition) is 4. The van der Waals surface area contributed by atoms with E-state index in [1.165, 1.54) is 16.8 Å². The van der Waals surface area contributed by atoms with Crippen molar-refractivity contribution in [2.75, 3.05) is 0 Å². The lowest BCUT2D eigenvalue weighted by molar-refractivity contribution is 0.0685. The molecule has 2 heterocycles. The van der Waals surface area contributed by atoms with Crippen LogP contribution < -0.4 is 4.72 Å². The molecule has 0 spiro atoms. The largest absolute Gasteiger partial charge is 0.477 e. The average molecular weight is 342 g/mol. The van der Waals surface area contributed by atoms with Gasteiger partial charge < -0.3 is 9.67 Å². The molecule has 0 aliphatic rings. The van der Waals surface area contributed by atoms with Crippen LogP contribution in [0.25, 0.3) is 0 Å². The number of nitrogens with one attached hydrogen (secondary N) is 1. The highest BCUT2D eigenvalue weighted by Gasteiger charge is 2.22. The lowest BCUT2D eigenvalue weighted by Gasteiger charge is -2.12. The lowest BCUT2D eigenvalue weighted by atomic mass is 10.2. The third kappa shape index (κ3) is 3.76. The third-order valence-electron chi connectivity index (χ3n) is 3.19. The van der Waals surface area contributed by atoms with E-state index in [4.69, 9.17) is 5.11 Å². The zero-order valence-corrected chi connectivity index (χ0v) is 13.9. The molecule has 2 aromatic rings. The van der Waals surface area contributed by atoms with Crippen LogP contribution in [0.4, 0.5) is 0 Å². The molecule has 120 valence electrons. The van der Waals surface area contributed by atoms with E-state index in [2.05, 4.69) is 4.72 Å². The quantitative estimate of drug-likeness (QED) is 0.807. The predicted octanol–water partition coefficient (Wildman–Crippen LogP) is 2.18. The van der Waals surface area contributed by atoms with Gasteiger partial charge in [-0.2, -0.15) is 0 Å². The van der Waals surface area contributed by atoms with Gasteiger partial charge in [0, 0.05) is 23.7 Å². The number of aromatic nitrogens is 1. The number of thiophene rings is 1. The Bertz CT molecular complexity index is 748. The smallest absolute Gasteiger partial charge is 0.352 e. The minimum absolute atomic E-state index is 0.0234. The Balaban J connectivity index is 2.17. The number of carboxylic acid groups (broad SMARTS) is 1. The van der Waals surface area contributed by atoms with E-state index in [0.29, 0.717) is 13.0 Å². The Labute approximate surface area is 133 Å². The molecule has 0 saturated heterocycles. The second kappa shape index (κ2) is 6.64. The fourth-order valence-electron chi connectivity index (χ4n) is 2.18. The van der Waals surface area contributed by atoms with E-state index < -0.39 is 16.0 Å². The first-order valence-corrected chi connectivity index (χ1v) is 9.18. The molecule has 2 aromatic heterocycles. The molecule has 2 rings (SSSR count). The van der Waals surface area contributed by atoms with Crippen LogP contribution in [-0.2, 0) is 23.0 Å². The number of hydrogen-bond donors (Lipinski definition) is 2. The van der Waals surface area contributed by atoms with E-state index in [1.54, 1.807) is 25.2 Å². The standard InChI is InChI=1S/C14H18N2O4S2/c1-3-16-9-12(8-13(16)14(17)18)22(19,20)15-10(2)7-11-5-4-6-21-11/h4-6,8-10,15H,3,7H2,1-2H3,(H,17,18). The predicted molar refractivity (Wildman–Crippen MR) is 84.9 cm³/mol. The highest BCUT2D eigenvalue weighted by Crippen LogP contribution is 2.17. The molecule has 1 unspecified atom stereocenters. The molecule has 8 heteroatoms. The zero-order valence-electron chi connectivity index (χ0n) is 12.3. The molecule has 0 aliphatic heterocycles. The summed E-state index contributed by atoms with van der Waals surface area (Å²) in [5.74, 6) is -1.14. The Morgan fingerprint density at radius 3 is 2.73 bits per heavy atom. The van der Waals surface area contributed by atoms with E-state index in [1.807, 2.05) is 17.5 Å². The summed E-state index contributed by atoms with van der Waals surface area (Å²) in [5, 5.41) is 11.0. The Morgan fingerprint density at radius 2 is 2.23 bits per heavy atom. The van der Waals surface area contributed by atoms with Gasteiger partial charge in [-0.25, -0.2) is 17.9 Å². The first-order valence-electron chi connectivity index (χ1n) is 6.81. The summed E-state index contributed by atoms with van der Waals surface area (Å²) < 4.78 is 28.7. The number of carboxylic acids is 1. The van der Waals surface area contributed by atoms with Gasteiger partial charge in [0.05, 0.1) is 0 Å². The van der Waals surface area contributed by atoms with Crippen molar-refractivity contribution in [3.8, 4) is 0 Å². The molecule has 22 heavy (non-hydrogen) atoms. The molecule has 0 aromatic carbocycles. The summed E-state index contributed by atoms with van der Waals surface area (Å²) in [7, 11) is -3.74. The minimum atomic E-state index is -3.74. The van der Waals surface area contributed by atoms with Gasteiger partial charge in [-0.15, -0.1) is 11.3 Å². The highest BCUT2D eigenvalue weighted by molar-refractivity contribution is 7.89. The first-order chi connectivity index (χ1) is 10.3. The van der Waals surface area contributed by atoms with Crippen LogP contribution in [0.5, 0.6) is 0 Å². The lowest BCUT2D eigenvalue weighted by Crippen LogP contribution is -2.33. The van der Waals surface area contributed by atoms with Gasteiger partial charge in [0.15, 0.2) is 0 Å². The van der Waals surface area contributed by atoms with Crippen molar-refractivity contribution >= 4 is 27.3 Å². The van der Waals surface area contributed by atoms with Crippen LogP contribution in [0, 0.1) is 0 Å². The Hall–Kier alpha value is -1.64. The van der Waals surface area contributed by atoms with E-state index >= 15 is 0 Å². The van der Waals surface area contributed by atoms with Crippen molar-refractivity contribution in [2.24, 2.45) is 0 Å². The van der Waals surface area contributed by atoms with Crippen molar-refractivity contribution in [3.05, 3.63) is 40.3 Å². The number of aryl methyl sites for hydroxylation is 1. The summed E-state index contributed by atoms with van der Waals surface area (Å²) in [6.07, 6.45) is 1.95. The maximum Gasteiger partial charge on any atom is 0.352 e. The second-order valence-corrected chi connectivity index (χ2v) is 7.70.